The first-order valence-corrected chi connectivity index (χ1v) is 7.54. The van der Waals surface area contributed by atoms with Gasteiger partial charge in [0.15, 0.2) is 0 Å². The lowest BCUT2D eigenvalue weighted by Crippen LogP contribution is -2.50. The van der Waals surface area contributed by atoms with Gasteiger partial charge in [0.25, 0.3) is 0 Å². The van der Waals surface area contributed by atoms with Crippen molar-refractivity contribution in [3.63, 3.8) is 0 Å². The van der Waals surface area contributed by atoms with Crippen molar-refractivity contribution in [1.82, 2.24) is 9.80 Å². The monoisotopic (exact) mass is 263 g/mol. The summed E-state index contributed by atoms with van der Waals surface area (Å²) in [5.74, 6) is 0.136. The molecule has 0 spiro atoms. The van der Waals surface area contributed by atoms with Gasteiger partial charge in [0.1, 0.15) is 6.04 Å². The molecule has 1 aliphatic heterocycles. The summed E-state index contributed by atoms with van der Waals surface area (Å²) in [4.78, 5) is 16.7. The Bertz CT molecular complexity index is 357. The molecule has 0 aromatic heterocycles. The summed E-state index contributed by atoms with van der Waals surface area (Å²) in [6.07, 6.45) is 7.56. The second-order valence-corrected chi connectivity index (χ2v) is 5.99. The van der Waals surface area contributed by atoms with Crippen molar-refractivity contribution < 1.29 is 4.79 Å². The molecule has 4 nitrogen and oxygen atoms in total. The van der Waals surface area contributed by atoms with Gasteiger partial charge in [-0.3, -0.25) is 9.69 Å². The maximum absolute atomic E-state index is 12.5. The molecule has 19 heavy (non-hydrogen) atoms. The van der Waals surface area contributed by atoms with E-state index < -0.39 is 0 Å². The number of amides is 1. The summed E-state index contributed by atoms with van der Waals surface area (Å²) in [5.41, 5.74) is 0. The fourth-order valence-electron chi connectivity index (χ4n) is 3.42. The van der Waals surface area contributed by atoms with Crippen molar-refractivity contribution in [1.29, 1.82) is 5.26 Å². The largest absolute Gasteiger partial charge is 0.342 e. The van der Waals surface area contributed by atoms with Gasteiger partial charge in [-0.15, -0.1) is 0 Å². The minimum absolute atomic E-state index is 0.136. The second-order valence-electron chi connectivity index (χ2n) is 5.99. The zero-order chi connectivity index (χ0) is 13.8. The summed E-state index contributed by atoms with van der Waals surface area (Å²) in [7, 11) is 1.88. The molecule has 1 amide bonds. The number of carbonyl (C=O) groups is 1. The van der Waals surface area contributed by atoms with Gasteiger partial charge in [-0.2, -0.15) is 5.26 Å². The Morgan fingerprint density at radius 2 is 1.95 bits per heavy atom. The smallest absolute Gasteiger partial charge is 0.240 e. The van der Waals surface area contributed by atoms with Crippen LogP contribution in [0.15, 0.2) is 0 Å². The minimum Gasteiger partial charge on any atom is -0.342 e. The van der Waals surface area contributed by atoms with Crippen molar-refractivity contribution in [3.8, 4) is 6.07 Å². The van der Waals surface area contributed by atoms with Crippen molar-refractivity contribution in [3.05, 3.63) is 0 Å². The lowest BCUT2D eigenvalue weighted by molar-refractivity contribution is -0.136. The highest BCUT2D eigenvalue weighted by Crippen LogP contribution is 2.28. The normalized spacial score (nSPS) is 31.0. The number of hydrogen-bond acceptors (Lipinski definition) is 3. The predicted octanol–water partition coefficient (Wildman–Crippen LogP) is 2.15. The third-order valence-electron chi connectivity index (χ3n) is 4.83. The quantitative estimate of drug-likeness (QED) is 0.767. The summed E-state index contributed by atoms with van der Waals surface area (Å²) in [5, 5.41) is 9.05. The summed E-state index contributed by atoms with van der Waals surface area (Å²) >= 11 is 0. The van der Waals surface area contributed by atoms with Crippen LogP contribution in [0.3, 0.4) is 0 Å². The fourth-order valence-corrected chi connectivity index (χ4v) is 3.42. The molecule has 0 N–H and O–H groups in total. The number of nitriles is 1. The van der Waals surface area contributed by atoms with E-state index in [-0.39, 0.29) is 18.0 Å². The molecule has 0 bridgehead atoms. The average molecular weight is 263 g/mol. The highest BCUT2D eigenvalue weighted by molar-refractivity contribution is 5.82. The molecule has 106 valence electrons. The fraction of sp³-hybridized carbons (Fsp3) is 0.867. The lowest BCUT2D eigenvalue weighted by atomic mass is 9.92. The van der Waals surface area contributed by atoms with Crippen LogP contribution < -0.4 is 0 Å². The molecule has 2 fully saturated rings. The van der Waals surface area contributed by atoms with Crippen LogP contribution in [-0.2, 0) is 4.79 Å². The average Bonchev–Trinajstić information content (AvgIpc) is 2.54. The van der Waals surface area contributed by atoms with E-state index >= 15 is 0 Å². The molecular weight excluding hydrogens is 238 g/mol. The van der Waals surface area contributed by atoms with E-state index in [2.05, 4.69) is 17.9 Å². The molecule has 1 aliphatic carbocycles. The molecular formula is C15H25N3O. The van der Waals surface area contributed by atoms with Crippen molar-refractivity contribution in [2.45, 2.75) is 70.0 Å². The van der Waals surface area contributed by atoms with Gasteiger partial charge in [0, 0.05) is 25.7 Å². The van der Waals surface area contributed by atoms with Crippen LogP contribution in [-0.4, -0.2) is 47.4 Å². The summed E-state index contributed by atoms with van der Waals surface area (Å²) in [6, 6.07) is 2.78. The van der Waals surface area contributed by atoms with Crippen LogP contribution in [0.2, 0.25) is 0 Å². The van der Waals surface area contributed by atoms with Crippen molar-refractivity contribution in [2.24, 2.45) is 0 Å². The van der Waals surface area contributed by atoms with E-state index in [4.69, 9.17) is 5.26 Å². The van der Waals surface area contributed by atoms with E-state index in [1.54, 1.807) is 0 Å². The third kappa shape index (κ3) is 3.09. The highest BCUT2D eigenvalue weighted by Gasteiger charge is 2.37. The first-order valence-electron chi connectivity index (χ1n) is 7.54. The van der Waals surface area contributed by atoms with Gasteiger partial charge in [0.05, 0.1) is 12.5 Å². The first-order chi connectivity index (χ1) is 9.15. The zero-order valence-electron chi connectivity index (χ0n) is 12.1. The van der Waals surface area contributed by atoms with Crippen LogP contribution in [0.25, 0.3) is 0 Å². The molecule has 0 radical (unpaired) electrons. The SMILES string of the molecule is CC1CCN(C2CCCCC2)C(CC#N)C(=O)N1C. The van der Waals surface area contributed by atoms with Crippen LogP contribution in [0.1, 0.15) is 51.9 Å². The number of likely N-dealkylation sites (N-methyl/N-ethyl adjacent to an activating group) is 1. The second kappa shape index (κ2) is 6.38. The lowest BCUT2D eigenvalue weighted by Gasteiger charge is -2.37. The molecule has 0 aromatic carbocycles. The van der Waals surface area contributed by atoms with Gasteiger partial charge in [-0.1, -0.05) is 19.3 Å². The summed E-state index contributed by atoms with van der Waals surface area (Å²) in [6.45, 7) is 3.06. The van der Waals surface area contributed by atoms with Gasteiger partial charge in [0.2, 0.25) is 5.91 Å². The molecule has 2 rings (SSSR count). The standard InChI is InChI=1S/C15H25N3O/c1-12-9-11-18(13-6-4-3-5-7-13)14(8-10-16)15(19)17(12)2/h12-14H,3-9,11H2,1-2H3. The van der Waals surface area contributed by atoms with Gasteiger partial charge >= 0.3 is 0 Å². The van der Waals surface area contributed by atoms with Crippen molar-refractivity contribution in [2.75, 3.05) is 13.6 Å². The highest BCUT2D eigenvalue weighted by atomic mass is 16.2. The number of carbonyl (C=O) groups excluding carboxylic acids is 1. The van der Waals surface area contributed by atoms with E-state index in [0.29, 0.717) is 12.5 Å². The molecule has 1 saturated heterocycles. The van der Waals surface area contributed by atoms with Crippen LogP contribution in [0.5, 0.6) is 0 Å². The number of nitrogens with zero attached hydrogens (tertiary/aromatic N) is 3. The maximum atomic E-state index is 12.5. The predicted molar refractivity (Wildman–Crippen MR) is 74.4 cm³/mol. The molecule has 2 atom stereocenters. The maximum Gasteiger partial charge on any atom is 0.240 e. The van der Waals surface area contributed by atoms with E-state index in [1.807, 2.05) is 11.9 Å². The van der Waals surface area contributed by atoms with E-state index in [1.165, 1.54) is 32.1 Å². The topological polar surface area (TPSA) is 47.3 Å². The first kappa shape index (κ1) is 14.3. The van der Waals surface area contributed by atoms with Crippen molar-refractivity contribution >= 4 is 5.91 Å². The van der Waals surface area contributed by atoms with Crippen LogP contribution in [0.4, 0.5) is 0 Å². The van der Waals surface area contributed by atoms with E-state index in [0.717, 1.165) is 13.0 Å². The zero-order valence-corrected chi connectivity index (χ0v) is 12.1. The molecule has 2 unspecified atom stereocenters. The Kier molecular flexibility index (Phi) is 4.81. The Morgan fingerprint density at radius 3 is 2.58 bits per heavy atom. The van der Waals surface area contributed by atoms with Gasteiger partial charge in [-0.25, -0.2) is 0 Å². The third-order valence-corrected chi connectivity index (χ3v) is 4.83. The van der Waals surface area contributed by atoms with Crippen LogP contribution in [0, 0.1) is 11.3 Å². The minimum atomic E-state index is -0.219. The van der Waals surface area contributed by atoms with Gasteiger partial charge in [-0.05, 0) is 26.2 Å². The Balaban J connectivity index is 2.17. The molecule has 1 heterocycles. The summed E-state index contributed by atoms with van der Waals surface area (Å²) < 4.78 is 0. The molecule has 0 aromatic rings. The Morgan fingerprint density at radius 1 is 1.26 bits per heavy atom. The molecule has 2 aliphatic rings. The van der Waals surface area contributed by atoms with Crippen LogP contribution >= 0.6 is 0 Å². The molecule has 4 heteroatoms. The molecule has 1 saturated carbocycles. The number of rotatable bonds is 2. The number of hydrogen-bond donors (Lipinski definition) is 0. The Labute approximate surface area is 116 Å². The van der Waals surface area contributed by atoms with Gasteiger partial charge < -0.3 is 4.90 Å². The Hall–Kier alpha value is -1.08. The van der Waals surface area contributed by atoms with E-state index in [9.17, 15) is 4.79 Å².